The van der Waals surface area contributed by atoms with Gasteiger partial charge in [0.2, 0.25) is 0 Å². The highest BCUT2D eigenvalue weighted by Gasteiger charge is 2.03. The monoisotopic (exact) mass is 348 g/mol. The fraction of sp³-hybridized carbons (Fsp3) is 0.526. The molecule has 1 aromatic rings. The van der Waals surface area contributed by atoms with Crippen molar-refractivity contribution in [3.05, 3.63) is 42.2 Å². The molecule has 6 nitrogen and oxygen atoms in total. The Kier molecular flexibility index (Phi) is 12.0. The number of carbonyl (C=O) groups excluding carboxylic acids is 2. The van der Waals surface area contributed by atoms with Gasteiger partial charge in [-0.1, -0.05) is 19.1 Å². The summed E-state index contributed by atoms with van der Waals surface area (Å²) in [5.74, 6) is 0.0836. The normalized spacial score (nSPS) is 10.9. The zero-order valence-corrected chi connectivity index (χ0v) is 14.9. The molecule has 0 saturated heterocycles. The van der Waals surface area contributed by atoms with Crippen molar-refractivity contribution < 1.29 is 19.1 Å². The third-order valence-electron chi connectivity index (χ3n) is 3.32. The van der Waals surface area contributed by atoms with Gasteiger partial charge in [0.25, 0.3) is 5.91 Å². The molecule has 0 saturated carbocycles. The maximum Gasteiger partial charge on any atom is 0.252 e. The van der Waals surface area contributed by atoms with Crippen molar-refractivity contribution in [3.8, 4) is 0 Å². The summed E-state index contributed by atoms with van der Waals surface area (Å²) in [7, 11) is 0. The van der Waals surface area contributed by atoms with Crippen molar-refractivity contribution in [2.45, 2.75) is 32.6 Å². The van der Waals surface area contributed by atoms with Gasteiger partial charge in [-0.3, -0.25) is 14.6 Å². The first kappa shape index (κ1) is 21.0. The summed E-state index contributed by atoms with van der Waals surface area (Å²) in [6.45, 7) is 4.43. The van der Waals surface area contributed by atoms with E-state index in [4.69, 9.17) is 9.47 Å². The molecule has 0 bridgehead atoms. The predicted molar refractivity (Wildman–Crippen MR) is 96.5 cm³/mol. The van der Waals surface area contributed by atoms with E-state index in [0.29, 0.717) is 51.4 Å². The molecule has 0 radical (unpaired) electrons. The minimum absolute atomic E-state index is 0.161. The maximum absolute atomic E-state index is 11.7. The summed E-state index contributed by atoms with van der Waals surface area (Å²) in [5, 5.41) is 2.76. The molecule has 0 spiro atoms. The molecule has 1 aromatic heterocycles. The molecule has 0 fully saturated rings. The Morgan fingerprint density at radius 2 is 1.96 bits per heavy atom. The largest absolute Gasteiger partial charge is 0.379 e. The van der Waals surface area contributed by atoms with Crippen molar-refractivity contribution in [1.29, 1.82) is 0 Å². The Labute approximate surface area is 149 Å². The topological polar surface area (TPSA) is 77.5 Å². The van der Waals surface area contributed by atoms with E-state index in [1.165, 1.54) is 6.20 Å². The van der Waals surface area contributed by atoms with Crippen molar-refractivity contribution in [2.75, 3.05) is 33.0 Å². The van der Waals surface area contributed by atoms with Crippen molar-refractivity contribution in [2.24, 2.45) is 0 Å². The highest BCUT2D eigenvalue weighted by atomic mass is 16.5. The minimum atomic E-state index is -0.161. The van der Waals surface area contributed by atoms with Crippen LogP contribution in [-0.2, 0) is 14.3 Å². The van der Waals surface area contributed by atoms with Gasteiger partial charge >= 0.3 is 0 Å². The van der Waals surface area contributed by atoms with E-state index in [2.05, 4.69) is 10.3 Å². The van der Waals surface area contributed by atoms with Gasteiger partial charge in [0.15, 0.2) is 0 Å². The maximum atomic E-state index is 11.7. The van der Waals surface area contributed by atoms with E-state index < -0.39 is 0 Å². The van der Waals surface area contributed by atoms with Crippen molar-refractivity contribution in [3.63, 3.8) is 0 Å². The number of ketones is 1. The summed E-state index contributed by atoms with van der Waals surface area (Å²) in [6, 6.07) is 3.43. The lowest BCUT2D eigenvalue weighted by atomic mass is 10.1. The Morgan fingerprint density at radius 1 is 1.16 bits per heavy atom. The number of aromatic nitrogens is 1. The smallest absolute Gasteiger partial charge is 0.252 e. The van der Waals surface area contributed by atoms with Gasteiger partial charge in [-0.2, -0.15) is 0 Å². The van der Waals surface area contributed by atoms with Crippen LogP contribution in [-0.4, -0.2) is 49.6 Å². The number of hydrogen-bond acceptors (Lipinski definition) is 5. The second kappa shape index (κ2) is 14.3. The van der Waals surface area contributed by atoms with E-state index in [1.54, 1.807) is 18.3 Å². The number of allylic oxidation sites excluding steroid dienone is 2. The lowest BCUT2D eigenvalue weighted by molar-refractivity contribution is -0.118. The Balaban J connectivity index is 1.88. The van der Waals surface area contributed by atoms with E-state index >= 15 is 0 Å². The second-order valence-electron chi connectivity index (χ2n) is 5.45. The molecule has 25 heavy (non-hydrogen) atoms. The highest BCUT2D eigenvalue weighted by Crippen LogP contribution is 1.98. The fourth-order valence-corrected chi connectivity index (χ4v) is 2.01. The van der Waals surface area contributed by atoms with Gasteiger partial charge in [-0.15, -0.1) is 0 Å². The van der Waals surface area contributed by atoms with E-state index in [-0.39, 0.29) is 11.7 Å². The van der Waals surface area contributed by atoms with E-state index in [1.807, 2.05) is 19.1 Å². The molecule has 0 unspecified atom stereocenters. The van der Waals surface area contributed by atoms with Gasteiger partial charge < -0.3 is 14.8 Å². The first-order chi connectivity index (χ1) is 12.2. The Hall–Kier alpha value is -2.05. The second-order valence-corrected chi connectivity index (χ2v) is 5.45. The number of pyridine rings is 1. The summed E-state index contributed by atoms with van der Waals surface area (Å²) in [5.41, 5.74) is 0.533. The zero-order valence-electron chi connectivity index (χ0n) is 14.9. The number of carbonyl (C=O) groups is 2. The molecular formula is C19H28N2O4. The molecule has 1 rings (SSSR count). The van der Waals surface area contributed by atoms with Crippen LogP contribution in [0.1, 0.15) is 43.0 Å². The summed E-state index contributed by atoms with van der Waals surface area (Å²) in [4.78, 5) is 27.1. The zero-order chi connectivity index (χ0) is 18.2. The number of rotatable bonds is 14. The first-order valence-corrected chi connectivity index (χ1v) is 8.74. The predicted octanol–water partition coefficient (Wildman–Crippen LogP) is 2.55. The summed E-state index contributed by atoms with van der Waals surface area (Å²) in [6.07, 6.45) is 9.84. The average Bonchev–Trinajstić information content (AvgIpc) is 2.64. The lowest BCUT2D eigenvalue weighted by Crippen LogP contribution is -2.27. The van der Waals surface area contributed by atoms with Crippen LogP contribution >= 0.6 is 0 Å². The molecule has 0 aliphatic carbocycles. The standard InChI is InChI=1S/C19H28N2O4/c1-2-3-4-8-18(22)9-6-12-24-14-15-25-13-11-21-19(23)17-7-5-10-20-16-17/h3-5,7,10,16H,2,6,8-9,11-15H2,1H3,(H,21,23)/b4-3-. The van der Waals surface area contributed by atoms with Crippen LogP contribution in [0.5, 0.6) is 0 Å². The van der Waals surface area contributed by atoms with E-state index in [9.17, 15) is 9.59 Å². The number of Topliss-reactive ketones (excluding diaryl/α,β-unsaturated/α-hetero) is 1. The van der Waals surface area contributed by atoms with Crippen LogP contribution in [0.2, 0.25) is 0 Å². The highest BCUT2D eigenvalue weighted by molar-refractivity contribution is 5.93. The van der Waals surface area contributed by atoms with Crippen LogP contribution in [0.25, 0.3) is 0 Å². The molecule has 1 amide bonds. The third-order valence-corrected chi connectivity index (χ3v) is 3.32. The van der Waals surface area contributed by atoms with Gasteiger partial charge in [0, 0.05) is 38.4 Å². The minimum Gasteiger partial charge on any atom is -0.379 e. The molecule has 138 valence electrons. The van der Waals surface area contributed by atoms with Gasteiger partial charge in [-0.05, 0) is 25.0 Å². The first-order valence-electron chi connectivity index (χ1n) is 8.74. The third kappa shape index (κ3) is 11.2. The summed E-state index contributed by atoms with van der Waals surface area (Å²) >= 11 is 0. The van der Waals surface area contributed by atoms with E-state index in [0.717, 1.165) is 12.8 Å². The Bertz CT molecular complexity index is 517. The summed E-state index contributed by atoms with van der Waals surface area (Å²) < 4.78 is 10.8. The lowest BCUT2D eigenvalue weighted by Gasteiger charge is -2.07. The van der Waals surface area contributed by atoms with Crippen molar-refractivity contribution >= 4 is 11.7 Å². The van der Waals surface area contributed by atoms with Crippen LogP contribution < -0.4 is 5.32 Å². The van der Waals surface area contributed by atoms with Crippen LogP contribution in [0.15, 0.2) is 36.7 Å². The van der Waals surface area contributed by atoms with Crippen molar-refractivity contribution in [1.82, 2.24) is 10.3 Å². The fourth-order valence-electron chi connectivity index (χ4n) is 2.01. The van der Waals surface area contributed by atoms with Gasteiger partial charge in [-0.25, -0.2) is 0 Å². The number of nitrogens with one attached hydrogen (secondary N) is 1. The molecule has 0 aliphatic rings. The Morgan fingerprint density at radius 3 is 2.68 bits per heavy atom. The molecular weight excluding hydrogens is 320 g/mol. The number of hydrogen-bond donors (Lipinski definition) is 1. The molecule has 1 N–H and O–H groups in total. The van der Waals surface area contributed by atoms with Crippen LogP contribution in [0, 0.1) is 0 Å². The molecule has 0 aromatic carbocycles. The molecule has 0 aliphatic heterocycles. The molecule has 6 heteroatoms. The van der Waals surface area contributed by atoms with Crippen LogP contribution in [0.4, 0.5) is 0 Å². The van der Waals surface area contributed by atoms with Crippen LogP contribution in [0.3, 0.4) is 0 Å². The molecule has 1 heterocycles. The average molecular weight is 348 g/mol. The number of ether oxygens (including phenoxy) is 2. The van der Waals surface area contributed by atoms with Gasteiger partial charge in [0.1, 0.15) is 5.78 Å². The van der Waals surface area contributed by atoms with Gasteiger partial charge in [0.05, 0.1) is 25.4 Å². The number of amides is 1. The molecule has 0 atom stereocenters. The number of nitrogens with zero attached hydrogens (tertiary/aromatic N) is 1. The quantitative estimate of drug-likeness (QED) is 0.413. The SMILES string of the molecule is CC/C=C\CC(=O)CCCOCCOCCNC(=O)c1cccnc1.